The lowest BCUT2D eigenvalue weighted by atomic mass is 10.1. The van der Waals surface area contributed by atoms with Crippen molar-refractivity contribution in [2.24, 2.45) is 0 Å². The number of aromatic nitrogens is 2. The molecule has 1 N–H and O–H groups in total. The Bertz CT molecular complexity index is 1270. The molecule has 1 heterocycles. The second kappa shape index (κ2) is 9.03. The van der Waals surface area contributed by atoms with E-state index in [0.717, 1.165) is 5.56 Å². The van der Waals surface area contributed by atoms with Gasteiger partial charge in [0.05, 0.1) is 27.4 Å². The predicted octanol–water partition coefficient (Wildman–Crippen LogP) is 5.59. The first-order valence-corrected chi connectivity index (χ1v) is 10.3. The molecule has 0 fully saturated rings. The fraction of sp³-hybridized carbons (Fsp3) is 0.0833. The highest BCUT2D eigenvalue weighted by atomic mass is 35.5. The molecule has 4 aromatic rings. The summed E-state index contributed by atoms with van der Waals surface area (Å²) in [6.07, 6.45) is 0. The Morgan fingerprint density at radius 1 is 1.03 bits per heavy atom. The summed E-state index contributed by atoms with van der Waals surface area (Å²) in [4.78, 5) is 23.7. The minimum absolute atomic E-state index is 0.0195. The quantitative estimate of drug-likeness (QED) is 0.308. The Morgan fingerprint density at radius 3 is 2.34 bits per heavy atom. The van der Waals surface area contributed by atoms with Crippen LogP contribution >= 0.6 is 11.6 Å². The van der Waals surface area contributed by atoms with Gasteiger partial charge < -0.3 is 5.32 Å². The van der Waals surface area contributed by atoms with Crippen LogP contribution in [0.3, 0.4) is 0 Å². The van der Waals surface area contributed by atoms with Gasteiger partial charge in [-0.25, -0.2) is 4.68 Å². The molecule has 1 atom stereocenters. The Morgan fingerprint density at radius 2 is 1.69 bits per heavy atom. The minimum Gasteiger partial charge on any atom is -0.344 e. The number of non-ortho nitro benzene ring substituents is 1. The third-order valence-corrected chi connectivity index (χ3v) is 5.36. The monoisotopic (exact) mass is 446 g/mol. The van der Waals surface area contributed by atoms with Crippen molar-refractivity contribution < 1.29 is 9.72 Å². The Hall–Kier alpha value is -3.97. The lowest BCUT2D eigenvalue weighted by molar-refractivity contribution is -0.384. The van der Waals surface area contributed by atoms with Crippen LogP contribution in [0.4, 0.5) is 5.69 Å². The Kier molecular flexibility index (Phi) is 6.00. The number of nitro benzene ring substituents is 1. The molecule has 3 aromatic carbocycles. The van der Waals surface area contributed by atoms with Gasteiger partial charge in [0.15, 0.2) is 0 Å². The zero-order valence-corrected chi connectivity index (χ0v) is 17.9. The van der Waals surface area contributed by atoms with E-state index in [1.807, 2.05) is 43.3 Å². The van der Waals surface area contributed by atoms with E-state index >= 15 is 0 Å². The zero-order chi connectivity index (χ0) is 22.7. The van der Waals surface area contributed by atoms with E-state index in [1.165, 1.54) is 16.8 Å². The Labute approximate surface area is 189 Å². The maximum atomic E-state index is 13.2. The summed E-state index contributed by atoms with van der Waals surface area (Å²) >= 11 is 6.38. The molecule has 0 aliphatic carbocycles. The van der Waals surface area contributed by atoms with Crippen LogP contribution in [0.5, 0.6) is 0 Å². The van der Waals surface area contributed by atoms with Gasteiger partial charge in [0.2, 0.25) is 0 Å². The van der Waals surface area contributed by atoms with Gasteiger partial charge in [0.25, 0.3) is 11.6 Å². The fourth-order valence-corrected chi connectivity index (χ4v) is 3.56. The summed E-state index contributed by atoms with van der Waals surface area (Å²) in [7, 11) is 0. The molecule has 1 unspecified atom stereocenters. The van der Waals surface area contributed by atoms with Gasteiger partial charge in [0.1, 0.15) is 5.69 Å². The van der Waals surface area contributed by atoms with E-state index < -0.39 is 4.92 Å². The molecule has 160 valence electrons. The predicted molar refractivity (Wildman–Crippen MR) is 123 cm³/mol. The number of para-hydroxylation sites is 1. The van der Waals surface area contributed by atoms with Gasteiger partial charge in [-0.1, -0.05) is 54.1 Å². The second-order valence-electron chi connectivity index (χ2n) is 7.19. The van der Waals surface area contributed by atoms with Crippen LogP contribution in [0.2, 0.25) is 5.02 Å². The lowest BCUT2D eigenvalue weighted by Gasteiger charge is -2.15. The van der Waals surface area contributed by atoms with Gasteiger partial charge in [-0.3, -0.25) is 14.9 Å². The summed E-state index contributed by atoms with van der Waals surface area (Å²) in [6, 6.07) is 24.2. The number of amides is 1. The summed E-state index contributed by atoms with van der Waals surface area (Å²) in [5, 5.41) is 19.0. The number of carbonyl (C=O) groups is 1. The summed E-state index contributed by atoms with van der Waals surface area (Å²) in [5.74, 6) is -0.318. The van der Waals surface area contributed by atoms with Crippen molar-refractivity contribution in [2.75, 3.05) is 0 Å². The average Bonchev–Trinajstić information content (AvgIpc) is 3.25. The standard InChI is InChI=1S/C24H19ClN4O3/c1-16(17-7-3-2-4-8-17)26-24(30)23-15-21(18-11-13-19(14-12-18)29(31)32)27-28(23)22-10-6-5-9-20(22)25/h2-16H,1H3,(H,26,30). The highest BCUT2D eigenvalue weighted by molar-refractivity contribution is 6.32. The molecule has 0 bridgehead atoms. The third kappa shape index (κ3) is 4.38. The molecular weight excluding hydrogens is 428 g/mol. The molecule has 8 heteroatoms. The summed E-state index contributed by atoms with van der Waals surface area (Å²) < 4.78 is 1.49. The molecule has 1 amide bonds. The molecule has 1 aromatic heterocycles. The van der Waals surface area contributed by atoms with Crippen LogP contribution in [0.25, 0.3) is 16.9 Å². The van der Waals surface area contributed by atoms with E-state index in [2.05, 4.69) is 10.4 Å². The number of carbonyl (C=O) groups excluding carboxylic acids is 1. The van der Waals surface area contributed by atoms with Crippen LogP contribution < -0.4 is 5.32 Å². The number of halogens is 1. The fourth-order valence-electron chi connectivity index (χ4n) is 3.34. The van der Waals surface area contributed by atoms with Crippen LogP contribution in [0, 0.1) is 10.1 Å². The Balaban J connectivity index is 1.73. The van der Waals surface area contributed by atoms with Gasteiger partial charge >= 0.3 is 0 Å². The van der Waals surface area contributed by atoms with Crippen LogP contribution in [-0.4, -0.2) is 20.6 Å². The largest absolute Gasteiger partial charge is 0.344 e. The number of hydrogen-bond donors (Lipinski definition) is 1. The van der Waals surface area contributed by atoms with Gasteiger partial charge in [-0.15, -0.1) is 0 Å². The number of nitro groups is 1. The molecule has 0 aliphatic rings. The SMILES string of the molecule is CC(NC(=O)c1cc(-c2ccc([N+](=O)[O-])cc2)nn1-c1ccccc1Cl)c1ccccc1. The maximum Gasteiger partial charge on any atom is 0.270 e. The van der Waals surface area contributed by atoms with Crippen molar-refractivity contribution in [2.45, 2.75) is 13.0 Å². The number of benzene rings is 3. The molecular formula is C24H19ClN4O3. The lowest BCUT2D eigenvalue weighted by Crippen LogP contribution is -2.28. The molecule has 32 heavy (non-hydrogen) atoms. The van der Waals surface area contributed by atoms with Gasteiger partial charge in [-0.2, -0.15) is 5.10 Å². The number of nitrogens with zero attached hydrogens (tertiary/aromatic N) is 3. The van der Waals surface area contributed by atoms with Crippen LogP contribution in [0.1, 0.15) is 29.0 Å². The average molecular weight is 447 g/mol. The topological polar surface area (TPSA) is 90.1 Å². The first kappa shape index (κ1) is 21.3. The molecule has 0 spiro atoms. The molecule has 0 saturated heterocycles. The molecule has 7 nitrogen and oxygen atoms in total. The van der Waals surface area contributed by atoms with Crippen molar-refractivity contribution in [3.63, 3.8) is 0 Å². The van der Waals surface area contributed by atoms with E-state index in [9.17, 15) is 14.9 Å². The first-order chi connectivity index (χ1) is 15.4. The molecule has 0 radical (unpaired) electrons. The van der Waals surface area contributed by atoms with Crippen molar-refractivity contribution >= 4 is 23.2 Å². The molecule has 0 aliphatic heterocycles. The minimum atomic E-state index is -0.462. The van der Waals surface area contributed by atoms with Crippen molar-refractivity contribution in [3.05, 3.63) is 111 Å². The second-order valence-corrected chi connectivity index (χ2v) is 7.60. The number of hydrogen-bond acceptors (Lipinski definition) is 4. The van der Waals surface area contributed by atoms with E-state index in [1.54, 1.807) is 36.4 Å². The van der Waals surface area contributed by atoms with Crippen molar-refractivity contribution in [3.8, 4) is 16.9 Å². The number of rotatable bonds is 6. The first-order valence-electron chi connectivity index (χ1n) is 9.89. The van der Waals surface area contributed by atoms with E-state index in [4.69, 9.17) is 11.6 Å². The number of nitrogens with one attached hydrogen (secondary N) is 1. The normalized spacial score (nSPS) is 11.7. The van der Waals surface area contributed by atoms with Crippen molar-refractivity contribution in [1.82, 2.24) is 15.1 Å². The van der Waals surface area contributed by atoms with E-state index in [-0.39, 0.29) is 17.6 Å². The van der Waals surface area contributed by atoms with Crippen LogP contribution in [-0.2, 0) is 0 Å². The van der Waals surface area contributed by atoms with E-state index in [0.29, 0.717) is 27.7 Å². The van der Waals surface area contributed by atoms with Gasteiger partial charge in [0, 0.05) is 17.7 Å². The highest BCUT2D eigenvalue weighted by Crippen LogP contribution is 2.27. The van der Waals surface area contributed by atoms with Crippen molar-refractivity contribution in [1.29, 1.82) is 0 Å². The summed E-state index contributed by atoms with van der Waals surface area (Å²) in [5.41, 5.74) is 2.95. The third-order valence-electron chi connectivity index (χ3n) is 5.04. The molecule has 0 saturated carbocycles. The smallest absolute Gasteiger partial charge is 0.270 e. The highest BCUT2D eigenvalue weighted by Gasteiger charge is 2.21. The summed E-state index contributed by atoms with van der Waals surface area (Å²) in [6.45, 7) is 1.90. The van der Waals surface area contributed by atoms with Gasteiger partial charge in [-0.05, 0) is 42.8 Å². The molecule has 4 rings (SSSR count). The zero-order valence-electron chi connectivity index (χ0n) is 17.1. The van der Waals surface area contributed by atoms with Crippen LogP contribution in [0.15, 0.2) is 84.9 Å². The maximum absolute atomic E-state index is 13.2.